The van der Waals surface area contributed by atoms with Gasteiger partial charge < -0.3 is 10.0 Å². The van der Waals surface area contributed by atoms with Gasteiger partial charge in [-0.05, 0) is 25.3 Å². The molecule has 0 aliphatic carbocycles. The normalized spacial score (nSPS) is 25.2. The number of hydrogen-bond acceptors (Lipinski definition) is 3. The molecule has 0 radical (unpaired) electrons. The van der Waals surface area contributed by atoms with Gasteiger partial charge in [-0.25, -0.2) is 0 Å². The van der Waals surface area contributed by atoms with Crippen molar-refractivity contribution in [3.8, 4) is 6.07 Å². The number of likely N-dealkylation sites (tertiary alicyclic amines) is 1. The summed E-state index contributed by atoms with van der Waals surface area (Å²) in [7, 11) is 0. The molecule has 1 aliphatic rings. The summed E-state index contributed by atoms with van der Waals surface area (Å²) in [5.41, 5.74) is 0. The number of rotatable bonds is 3. The van der Waals surface area contributed by atoms with Crippen LogP contribution >= 0.6 is 0 Å². The Bertz CT molecular complexity index is 164. The fourth-order valence-corrected chi connectivity index (χ4v) is 1.71. The predicted octanol–water partition coefficient (Wildman–Crippen LogP) is 0.604. The Morgan fingerprint density at radius 1 is 1.58 bits per heavy atom. The van der Waals surface area contributed by atoms with E-state index >= 15 is 0 Å². The van der Waals surface area contributed by atoms with Crippen LogP contribution in [-0.4, -0.2) is 36.2 Å². The van der Waals surface area contributed by atoms with Crippen LogP contribution < -0.4 is 0 Å². The largest absolute Gasteiger partial charge is 0.396 e. The highest BCUT2D eigenvalue weighted by Gasteiger charge is 2.18. The first-order valence-electron chi connectivity index (χ1n) is 4.57. The van der Waals surface area contributed by atoms with Crippen LogP contribution in [0.3, 0.4) is 0 Å². The third-order valence-electron chi connectivity index (χ3n) is 2.40. The molecule has 1 fully saturated rings. The third-order valence-corrected chi connectivity index (χ3v) is 2.40. The zero-order valence-electron chi connectivity index (χ0n) is 7.37. The Balaban J connectivity index is 2.22. The summed E-state index contributed by atoms with van der Waals surface area (Å²) >= 11 is 0. The molecule has 0 saturated carbocycles. The van der Waals surface area contributed by atoms with Crippen molar-refractivity contribution in [1.82, 2.24) is 4.90 Å². The topological polar surface area (TPSA) is 47.3 Å². The molecule has 1 aliphatic heterocycles. The molecule has 0 aromatic carbocycles. The number of nitrogens with zero attached hydrogens (tertiary/aromatic N) is 2. The van der Waals surface area contributed by atoms with Gasteiger partial charge in [-0.2, -0.15) is 5.26 Å². The summed E-state index contributed by atoms with van der Waals surface area (Å²) in [4.78, 5) is 2.27. The summed E-state index contributed by atoms with van der Waals surface area (Å²) in [5, 5.41) is 17.3. The quantitative estimate of drug-likeness (QED) is 0.671. The average Bonchev–Trinajstić information content (AvgIpc) is 2.15. The van der Waals surface area contributed by atoms with Crippen molar-refractivity contribution in [2.45, 2.75) is 19.3 Å². The maximum absolute atomic E-state index is 8.94. The molecule has 12 heavy (non-hydrogen) atoms. The molecule has 0 amide bonds. The smallest absolute Gasteiger partial charge is 0.0635 e. The number of nitriles is 1. The Morgan fingerprint density at radius 2 is 2.42 bits per heavy atom. The fraction of sp³-hybridized carbons (Fsp3) is 0.889. The first-order valence-corrected chi connectivity index (χ1v) is 4.57. The molecule has 1 saturated heterocycles. The monoisotopic (exact) mass is 168 g/mol. The van der Waals surface area contributed by atoms with Crippen molar-refractivity contribution < 1.29 is 5.11 Å². The third kappa shape index (κ3) is 2.80. The van der Waals surface area contributed by atoms with Crippen LogP contribution in [0.15, 0.2) is 0 Å². The summed E-state index contributed by atoms with van der Waals surface area (Å²) in [6.45, 7) is 3.23. The molecular weight excluding hydrogens is 152 g/mol. The predicted molar refractivity (Wildman–Crippen MR) is 46.5 cm³/mol. The highest BCUT2D eigenvalue weighted by molar-refractivity contribution is 4.77. The van der Waals surface area contributed by atoms with Crippen molar-refractivity contribution in [3.05, 3.63) is 0 Å². The number of aliphatic hydroxyl groups is 1. The molecule has 3 heteroatoms. The van der Waals surface area contributed by atoms with Crippen molar-refractivity contribution in [2.24, 2.45) is 5.92 Å². The van der Waals surface area contributed by atoms with E-state index in [2.05, 4.69) is 11.0 Å². The minimum absolute atomic E-state index is 0.295. The minimum Gasteiger partial charge on any atom is -0.396 e. The SMILES string of the molecule is N#CCCN1CCCC(CO)C1. The second-order valence-electron chi connectivity index (χ2n) is 3.40. The first kappa shape index (κ1) is 9.50. The van der Waals surface area contributed by atoms with E-state index in [0.717, 1.165) is 32.5 Å². The van der Waals surface area contributed by atoms with E-state index in [1.807, 2.05) is 0 Å². The molecule has 0 aromatic rings. The van der Waals surface area contributed by atoms with Gasteiger partial charge in [0.1, 0.15) is 0 Å². The summed E-state index contributed by atoms with van der Waals surface area (Å²) in [5.74, 6) is 0.442. The molecule has 0 spiro atoms. The number of aliphatic hydroxyl groups excluding tert-OH is 1. The van der Waals surface area contributed by atoms with Gasteiger partial charge in [0, 0.05) is 26.1 Å². The van der Waals surface area contributed by atoms with E-state index in [1.54, 1.807) is 0 Å². The Labute approximate surface area is 73.6 Å². The highest BCUT2D eigenvalue weighted by atomic mass is 16.3. The molecule has 1 rings (SSSR count). The van der Waals surface area contributed by atoms with Gasteiger partial charge in [-0.15, -0.1) is 0 Å². The Hall–Kier alpha value is -0.590. The molecule has 0 bridgehead atoms. The van der Waals surface area contributed by atoms with Crippen LogP contribution in [-0.2, 0) is 0 Å². The van der Waals surface area contributed by atoms with Crippen molar-refractivity contribution in [1.29, 1.82) is 5.26 Å². The molecule has 1 atom stereocenters. The molecule has 3 nitrogen and oxygen atoms in total. The lowest BCUT2D eigenvalue weighted by molar-refractivity contribution is 0.122. The second-order valence-corrected chi connectivity index (χ2v) is 3.40. The molecule has 1 heterocycles. The highest BCUT2D eigenvalue weighted by Crippen LogP contribution is 2.15. The van der Waals surface area contributed by atoms with Crippen LogP contribution in [0.4, 0.5) is 0 Å². The van der Waals surface area contributed by atoms with Gasteiger partial charge >= 0.3 is 0 Å². The van der Waals surface area contributed by atoms with Gasteiger partial charge in [0.2, 0.25) is 0 Å². The van der Waals surface area contributed by atoms with E-state index < -0.39 is 0 Å². The fourth-order valence-electron chi connectivity index (χ4n) is 1.71. The van der Waals surface area contributed by atoms with Crippen molar-refractivity contribution >= 4 is 0 Å². The first-order chi connectivity index (χ1) is 5.86. The zero-order valence-corrected chi connectivity index (χ0v) is 7.37. The lowest BCUT2D eigenvalue weighted by Crippen LogP contribution is -2.37. The lowest BCUT2D eigenvalue weighted by Gasteiger charge is -2.30. The van der Waals surface area contributed by atoms with Gasteiger partial charge in [0.15, 0.2) is 0 Å². The molecule has 68 valence electrons. The number of hydrogen-bond donors (Lipinski definition) is 1. The van der Waals surface area contributed by atoms with Gasteiger partial charge in [0.05, 0.1) is 6.07 Å². The molecule has 1 unspecified atom stereocenters. The van der Waals surface area contributed by atoms with Crippen molar-refractivity contribution in [2.75, 3.05) is 26.2 Å². The average molecular weight is 168 g/mol. The second kappa shape index (κ2) is 5.13. The van der Waals surface area contributed by atoms with Crippen LogP contribution in [0.1, 0.15) is 19.3 Å². The van der Waals surface area contributed by atoms with Gasteiger partial charge in [0.25, 0.3) is 0 Å². The van der Waals surface area contributed by atoms with E-state index in [1.165, 1.54) is 0 Å². The maximum atomic E-state index is 8.94. The zero-order chi connectivity index (χ0) is 8.81. The maximum Gasteiger partial charge on any atom is 0.0635 e. The standard InChI is InChI=1S/C9H16N2O/c10-4-2-6-11-5-1-3-9(7-11)8-12/h9,12H,1-3,5-8H2. The van der Waals surface area contributed by atoms with Crippen LogP contribution in [0.2, 0.25) is 0 Å². The Morgan fingerprint density at radius 3 is 3.08 bits per heavy atom. The van der Waals surface area contributed by atoms with Crippen LogP contribution in [0.5, 0.6) is 0 Å². The minimum atomic E-state index is 0.295. The van der Waals surface area contributed by atoms with Gasteiger partial charge in [-0.1, -0.05) is 0 Å². The molecular formula is C9H16N2O. The lowest BCUT2D eigenvalue weighted by atomic mass is 9.99. The van der Waals surface area contributed by atoms with Crippen LogP contribution in [0.25, 0.3) is 0 Å². The van der Waals surface area contributed by atoms with Crippen molar-refractivity contribution in [3.63, 3.8) is 0 Å². The van der Waals surface area contributed by atoms with Gasteiger partial charge in [-0.3, -0.25) is 0 Å². The van der Waals surface area contributed by atoms with E-state index in [-0.39, 0.29) is 0 Å². The van der Waals surface area contributed by atoms with E-state index in [0.29, 0.717) is 18.9 Å². The van der Waals surface area contributed by atoms with Crippen LogP contribution in [0, 0.1) is 17.2 Å². The number of piperidine rings is 1. The summed E-state index contributed by atoms with van der Waals surface area (Å²) in [6, 6.07) is 2.14. The summed E-state index contributed by atoms with van der Waals surface area (Å²) in [6.07, 6.45) is 2.91. The Kier molecular flexibility index (Phi) is 4.06. The summed E-state index contributed by atoms with van der Waals surface area (Å²) < 4.78 is 0. The van der Waals surface area contributed by atoms with E-state index in [9.17, 15) is 0 Å². The molecule has 1 N–H and O–H groups in total. The van der Waals surface area contributed by atoms with E-state index in [4.69, 9.17) is 10.4 Å². The molecule has 0 aromatic heterocycles.